The highest BCUT2D eigenvalue weighted by Crippen LogP contribution is 2.40. The SMILES string of the molecule is O=C(CSc1ccc(SC(F)(F)F)cc1[N+](=O)[O-])OCC(F)(F)C(F)F. The third-order valence-electron chi connectivity index (χ3n) is 2.45. The molecule has 5 nitrogen and oxygen atoms in total. The molecule has 0 aliphatic heterocycles. The van der Waals surface area contributed by atoms with Crippen LogP contribution in [0.15, 0.2) is 28.0 Å². The maximum absolute atomic E-state index is 12.6. The first-order valence-electron chi connectivity index (χ1n) is 6.30. The highest BCUT2D eigenvalue weighted by atomic mass is 32.2. The molecule has 0 radical (unpaired) electrons. The maximum Gasteiger partial charge on any atom is 0.446 e. The second-order valence-electron chi connectivity index (χ2n) is 4.45. The highest BCUT2D eigenvalue weighted by Gasteiger charge is 2.42. The van der Waals surface area contributed by atoms with Gasteiger partial charge in [-0.3, -0.25) is 14.9 Å². The molecule has 26 heavy (non-hydrogen) atoms. The number of carbonyl (C=O) groups is 1. The molecule has 0 N–H and O–H groups in total. The summed E-state index contributed by atoms with van der Waals surface area (Å²) in [5.41, 5.74) is -5.41. The van der Waals surface area contributed by atoms with Gasteiger partial charge in [0, 0.05) is 11.0 Å². The van der Waals surface area contributed by atoms with E-state index in [2.05, 4.69) is 4.74 Å². The zero-order chi connectivity index (χ0) is 20.1. The van der Waals surface area contributed by atoms with Crippen LogP contribution in [0, 0.1) is 10.1 Å². The Labute approximate surface area is 149 Å². The van der Waals surface area contributed by atoms with Gasteiger partial charge in [0.2, 0.25) is 0 Å². The molecule has 0 aliphatic carbocycles. The van der Waals surface area contributed by atoms with Crippen molar-refractivity contribution in [3.05, 3.63) is 28.3 Å². The van der Waals surface area contributed by atoms with Gasteiger partial charge in [0.05, 0.1) is 15.6 Å². The fraction of sp³-hybridized carbons (Fsp3) is 0.417. The van der Waals surface area contributed by atoms with Crippen molar-refractivity contribution in [1.82, 2.24) is 0 Å². The molecule has 1 aromatic rings. The number of benzene rings is 1. The third kappa shape index (κ3) is 7.27. The molecule has 0 aromatic heterocycles. The van der Waals surface area contributed by atoms with Gasteiger partial charge in [-0.05, 0) is 23.9 Å². The van der Waals surface area contributed by atoms with Crippen LogP contribution in [0.5, 0.6) is 0 Å². The number of nitrogens with zero attached hydrogens (tertiary/aromatic N) is 1. The fourth-order valence-electron chi connectivity index (χ4n) is 1.38. The fourth-order valence-corrected chi connectivity index (χ4v) is 2.75. The van der Waals surface area contributed by atoms with Gasteiger partial charge in [0.25, 0.3) is 5.69 Å². The number of alkyl halides is 7. The number of hydrogen-bond donors (Lipinski definition) is 0. The number of hydrogen-bond acceptors (Lipinski definition) is 6. The van der Waals surface area contributed by atoms with Crippen LogP contribution in [-0.2, 0) is 9.53 Å². The second-order valence-corrected chi connectivity index (χ2v) is 6.60. The van der Waals surface area contributed by atoms with Gasteiger partial charge in [0.15, 0.2) is 6.61 Å². The standard InChI is InChI=1S/C12H8F7NO4S2/c13-10(14)11(15,16)5-24-9(21)4-25-8-2-1-6(26-12(17,18)19)3-7(8)20(22)23/h1-3,10H,4-5H2. The maximum atomic E-state index is 12.6. The van der Waals surface area contributed by atoms with Crippen molar-refractivity contribution in [2.24, 2.45) is 0 Å². The molecular formula is C12H8F7NO4S2. The average Bonchev–Trinajstić information content (AvgIpc) is 2.49. The van der Waals surface area contributed by atoms with Gasteiger partial charge in [-0.25, -0.2) is 8.78 Å². The summed E-state index contributed by atoms with van der Waals surface area (Å²) in [7, 11) is 0. The van der Waals surface area contributed by atoms with E-state index in [1.165, 1.54) is 0 Å². The molecular weight excluding hydrogens is 419 g/mol. The van der Waals surface area contributed by atoms with E-state index in [0.717, 1.165) is 12.1 Å². The molecule has 0 bridgehead atoms. The first-order valence-corrected chi connectivity index (χ1v) is 8.10. The number of halogens is 7. The molecule has 0 atom stereocenters. The Morgan fingerprint density at radius 3 is 2.35 bits per heavy atom. The van der Waals surface area contributed by atoms with Gasteiger partial charge >= 0.3 is 23.8 Å². The predicted molar refractivity (Wildman–Crippen MR) is 77.6 cm³/mol. The molecule has 1 rings (SSSR count). The number of nitro groups is 1. The van der Waals surface area contributed by atoms with Crippen molar-refractivity contribution in [3.8, 4) is 0 Å². The zero-order valence-corrected chi connectivity index (χ0v) is 13.9. The van der Waals surface area contributed by atoms with Crippen molar-refractivity contribution in [3.63, 3.8) is 0 Å². The Bertz CT molecular complexity index is 669. The van der Waals surface area contributed by atoms with E-state index in [-0.39, 0.29) is 4.90 Å². The van der Waals surface area contributed by atoms with Crippen LogP contribution in [-0.4, -0.2) is 41.1 Å². The number of ether oxygens (including phenoxy) is 1. The summed E-state index contributed by atoms with van der Waals surface area (Å²) in [4.78, 5) is 20.5. The second kappa shape index (κ2) is 8.79. The van der Waals surface area contributed by atoms with E-state index in [1.54, 1.807) is 0 Å². The number of carbonyl (C=O) groups excluding carboxylic acids is 1. The first kappa shape index (κ1) is 22.3. The van der Waals surface area contributed by atoms with Crippen molar-refractivity contribution in [2.45, 2.75) is 27.6 Å². The molecule has 14 heteroatoms. The van der Waals surface area contributed by atoms with E-state index < -0.39 is 63.5 Å². The Balaban J connectivity index is 2.74. The third-order valence-corrected chi connectivity index (χ3v) is 4.21. The summed E-state index contributed by atoms with van der Waals surface area (Å²) in [6, 6.07) is 2.50. The average molecular weight is 427 g/mol. The van der Waals surface area contributed by atoms with Crippen molar-refractivity contribution < 1.29 is 45.2 Å². The first-order chi connectivity index (χ1) is 11.8. The predicted octanol–water partition coefficient (Wildman–Crippen LogP) is 4.74. The molecule has 0 saturated carbocycles. The summed E-state index contributed by atoms with van der Waals surface area (Å²) in [5, 5.41) is 10.9. The van der Waals surface area contributed by atoms with Gasteiger partial charge in [-0.1, -0.05) is 0 Å². The molecule has 146 valence electrons. The lowest BCUT2D eigenvalue weighted by molar-refractivity contribution is -0.387. The lowest BCUT2D eigenvalue weighted by Gasteiger charge is -2.14. The number of thioether (sulfide) groups is 2. The van der Waals surface area contributed by atoms with Crippen LogP contribution in [0.2, 0.25) is 0 Å². The van der Waals surface area contributed by atoms with Crippen LogP contribution in [0.3, 0.4) is 0 Å². The molecule has 0 aliphatic rings. The minimum atomic E-state index is -4.66. The number of esters is 1. The summed E-state index contributed by atoms with van der Waals surface area (Å²) in [5.74, 6) is -6.63. The Morgan fingerprint density at radius 2 is 1.85 bits per heavy atom. The number of nitro benzene ring substituents is 1. The van der Waals surface area contributed by atoms with Gasteiger partial charge < -0.3 is 4.74 Å². The van der Waals surface area contributed by atoms with Crippen LogP contribution < -0.4 is 0 Å². The molecule has 1 aromatic carbocycles. The summed E-state index contributed by atoms with van der Waals surface area (Å²) in [6.07, 6.45) is -4.04. The van der Waals surface area contributed by atoms with Gasteiger partial charge in [-0.2, -0.15) is 22.0 Å². The zero-order valence-electron chi connectivity index (χ0n) is 12.3. The largest absolute Gasteiger partial charge is 0.458 e. The van der Waals surface area contributed by atoms with Gasteiger partial charge in [-0.15, -0.1) is 11.8 Å². The normalized spacial score (nSPS) is 12.3. The van der Waals surface area contributed by atoms with Crippen molar-refractivity contribution in [1.29, 1.82) is 0 Å². The van der Waals surface area contributed by atoms with E-state index in [4.69, 9.17) is 0 Å². The quantitative estimate of drug-likeness (QED) is 0.196. The summed E-state index contributed by atoms with van der Waals surface area (Å²) < 4.78 is 89.8. The molecule has 0 unspecified atom stereocenters. The smallest absolute Gasteiger partial charge is 0.446 e. The lowest BCUT2D eigenvalue weighted by Crippen LogP contribution is -2.33. The molecule has 0 spiro atoms. The minimum Gasteiger partial charge on any atom is -0.458 e. The molecule has 0 saturated heterocycles. The Kier molecular flexibility index (Phi) is 7.56. The van der Waals surface area contributed by atoms with Gasteiger partial charge in [0.1, 0.15) is 0 Å². The van der Waals surface area contributed by atoms with E-state index in [9.17, 15) is 45.6 Å². The van der Waals surface area contributed by atoms with Crippen LogP contribution >= 0.6 is 23.5 Å². The van der Waals surface area contributed by atoms with Crippen molar-refractivity contribution >= 4 is 35.2 Å². The molecule has 0 amide bonds. The van der Waals surface area contributed by atoms with E-state index in [1.807, 2.05) is 0 Å². The summed E-state index contributed by atoms with van der Waals surface area (Å²) >= 11 is -0.151. The number of rotatable bonds is 8. The summed E-state index contributed by atoms with van der Waals surface area (Å²) in [6.45, 7) is -1.87. The Morgan fingerprint density at radius 1 is 1.23 bits per heavy atom. The van der Waals surface area contributed by atoms with E-state index >= 15 is 0 Å². The van der Waals surface area contributed by atoms with Crippen molar-refractivity contribution in [2.75, 3.05) is 12.4 Å². The molecule has 0 heterocycles. The van der Waals surface area contributed by atoms with Crippen LogP contribution in [0.25, 0.3) is 0 Å². The van der Waals surface area contributed by atoms with E-state index in [0.29, 0.717) is 17.8 Å². The Hall–Kier alpha value is -1.70. The highest BCUT2D eigenvalue weighted by molar-refractivity contribution is 8.00. The molecule has 0 fully saturated rings. The minimum absolute atomic E-state index is 0.223. The monoisotopic (exact) mass is 427 g/mol. The van der Waals surface area contributed by atoms with Crippen LogP contribution in [0.4, 0.5) is 36.4 Å². The van der Waals surface area contributed by atoms with Crippen LogP contribution in [0.1, 0.15) is 0 Å². The lowest BCUT2D eigenvalue weighted by atomic mass is 10.3. The topological polar surface area (TPSA) is 69.4 Å².